The van der Waals surface area contributed by atoms with Crippen LogP contribution < -0.4 is 0 Å². The molecule has 3 aromatic carbocycles. The number of ether oxygens (including phenoxy) is 1. The second-order valence-electron chi connectivity index (χ2n) is 7.67. The van der Waals surface area contributed by atoms with Crippen molar-refractivity contribution in [3.63, 3.8) is 0 Å². The monoisotopic (exact) mass is 425 g/mol. The minimum Gasteiger partial charge on any atom is -0.454 e. The van der Waals surface area contributed by atoms with E-state index in [1.54, 1.807) is 0 Å². The number of aromatic nitrogens is 1. The molecule has 1 atom stereocenters. The molecule has 0 saturated carbocycles. The zero-order valence-electron chi connectivity index (χ0n) is 16.8. The van der Waals surface area contributed by atoms with Crippen LogP contribution in [0.2, 0.25) is 5.02 Å². The Hall–Kier alpha value is -3.43. The third-order valence-corrected chi connectivity index (χ3v) is 5.80. The molecule has 3 nitrogen and oxygen atoms in total. The highest BCUT2D eigenvalue weighted by Crippen LogP contribution is 2.30. The van der Waals surface area contributed by atoms with Crippen molar-refractivity contribution in [2.24, 2.45) is 0 Å². The van der Waals surface area contributed by atoms with Crippen LogP contribution in [0.25, 0.3) is 23.1 Å². The Morgan fingerprint density at radius 2 is 1.81 bits per heavy atom. The summed E-state index contributed by atoms with van der Waals surface area (Å²) in [6.45, 7) is 0. The molecule has 0 saturated heterocycles. The van der Waals surface area contributed by atoms with E-state index in [0.29, 0.717) is 10.6 Å². The summed E-state index contributed by atoms with van der Waals surface area (Å²) in [5.41, 5.74) is 5.48. The Morgan fingerprint density at radius 1 is 0.935 bits per heavy atom. The first-order valence-corrected chi connectivity index (χ1v) is 10.7. The molecule has 4 heteroatoms. The number of pyridine rings is 1. The Kier molecular flexibility index (Phi) is 5.27. The number of esters is 1. The van der Waals surface area contributed by atoms with Gasteiger partial charge in [0.25, 0.3) is 0 Å². The molecule has 0 spiro atoms. The Morgan fingerprint density at radius 3 is 2.74 bits per heavy atom. The third-order valence-electron chi connectivity index (χ3n) is 5.57. The number of hydrogen-bond donors (Lipinski definition) is 0. The summed E-state index contributed by atoms with van der Waals surface area (Å²) in [5, 5.41) is 1.73. The van der Waals surface area contributed by atoms with Gasteiger partial charge in [-0.15, -0.1) is 0 Å². The van der Waals surface area contributed by atoms with Gasteiger partial charge in [-0.25, -0.2) is 9.78 Å². The fourth-order valence-corrected chi connectivity index (χ4v) is 4.12. The fraction of sp³-hybridized carbons (Fsp3) is 0.111. The minimum atomic E-state index is -0.255. The number of carbonyl (C=O) groups is 1. The van der Waals surface area contributed by atoms with Crippen molar-refractivity contribution in [1.82, 2.24) is 4.98 Å². The van der Waals surface area contributed by atoms with Gasteiger partial charge in [0.2, 0.25) is 0 Å². The molecule has 0 bridgehead atoms. The van der Waals surface area contributed by atoms with Crippen LogP contribution in [0.5, 0.6) is 0 Å². The zero-order valence-corrected chi connectivity index (χ0v) is 17.5. The van der Waals surface area contributed by atoms with E-state index in [0.717, 1.165) is 46.1 Å². The van der Waals surface area contributed by atoms with Crippen molar-refractivity contribution in [3.05, 3.63) is 112 Å². The van der Waals surface area contributed by atoms with Gasteiger partial charge in [0, 0.05) is 10.4 Å². The summed E-state index contributed by atoms with van der Waals surface area (Å²) in [4.78, 5) is 17.2. The van der Waals surface area contributed by atoms with Crippen LogP contribution in [0.4, 0.5) is 0 Å². The maximum absolute atomic E-state index is 12.6. The van der Waals surface area contributed by atoms with Gasteiger partial charge in [-0.2, -0.15) is 0 Å². The molecule has 152 valence electrons. The number of halogens is 1. The number of fused-ring (bicyclic) bond motifs is 2. The van der Waals surface area contributed by atoms with Crippen molar-refractivity contribution in [2.45, 2.75) is 18.9 Å². The highest BCUT2D eigenvalue weighted by Gasteiger charge is 2.24. The van der Waals surface area contributed by atoms with Crippen LogP contribution in [-0.2, 0) is 11.2 Å². The average Bonchev–Trinajstić information content (AvgIpc) is 2.97. The third kappa shape index (κ3) is 4.23. The summed E-state index contributed by atoms with van der Waals surface area (Å²) < 4.78 is 5.81. The van der Waals surface area contributed by atoms with Gasteiger partial charge < -0.3 is 4.74 Å². The number of nitrogens with zero attached hydrogens (tertiary/aromatic N) is 1. The highest BCUT2D eigenvalue weighted by molar-refractivity contribution is 6.31. The number of benzene rings is 3. The highest BCUT2D eigenvalue weighted by atomic mass is 35.5. The number of rotatable bonds is 3. The van der Waals surface area contributed by atoms with E-state index in [1.165, 1.54) is 0 Å². The number of carbonyl (C=O) groups excluding carboxylic acids is 1. The lowest BCUT2D eigenvalue weighted by Crippen LogP contribution is -2.09. The Labute approximate surface area is 186 Å². The Bertz CT molecular complexity index is 1310. The normalized spacial score (nSPS) is 16.2. The molecular formula is C27H20ClNO2. The molecule has 31 heavy (non-hydrogen) atoms. The fourth-order valence-electron chi connectivity index (χ4n) is 3.95. The molecule has 1 aliphatic rings. The lowest BCUT2D eigenvalue weighted by Gasteiger charge is -2.16. The Balaban J connectivity index is 1.37. The smallest absolute Gasteiger partial charge is 0.339 e. The van der Waals surface area contributed by atoms with Crippen LogP contribution in [0.1, 0.15) is 45.3 Å². The quantitative estimate of drug-likeness (QED) is 0.335. The maximum atomic E-state index is 12.6. The van der Waals surface area contributed by atoms with E-state index in [1.807, 2.05) is 84.9 Å². The second-order valence-corrected chi connectivity index (χ2v) is 8.10. The maximum Gasteiger partial charge on any atom is 0.339 e. The van der Waals surface area contributed by atoms with Crippen molar-refractivity contribution < 1.29 is 9.53 Å². The molecule has 5 rings (SSSR count). The lowest BCUT2D eigenvalue weighted by molar-refractivity contribution is 0.0298. The number of hydrogen-bond acceptors (Lipinski definition) is 3. The number of aryl methyl sites for hydroxylation is 1. The predicted octanol–water partition coefficient (Wildman–Crippen LogP) is 6.90. The molecule has 1 aliphatic heterocycles. The van der Waals surface area contributed by atoms with Crippen molar-refractivity contribution in [1.29, 1.82) is 0 Å². The van der Waals surface area contributed by atoms with Crippen molar-refractivity contribution in [3.8, 4) is 0 Å². The van der Waals surface area contributed by atoms with E-state index < -0.39 is 0 Å². The van der Waals surface area contributed by atoms with E-state index in [-0.39, 0.29) is 12.1 Å². The molecule has 2 heterocycles. The predicted molar refractivity (Wildman–Crippen MR) is 125 cm³/mol. The SMILES string of the molecule is O=C1O[C@H](c2cccc(C=Cc3ccc4ccc(Cl)cc4n3)c2)CCc2ccccc21. The van der Waals surface area contributed by atoms with Crippen molar-refractivity contribution >= 4 is 40.6 Å². The first kappa shape index (κ1) is 19.5. The van der Waals surface area contributed by atoms with E-state index >= 15 is 0 Å². The summed E-state index contributed by atoms with van der Waals surface area (Å²) in [6, 6.07) is 25.5. The van der Waals surface area contributed by atoms with Gasteiger partial charge in [-0.3, -0.25) is 0 Å². The van der Waals surface area contributed by atoms with Gasteiger partial charge in [-0.1, -0.05) is 66.2 Å². The standard InChI is InChI=1S/C27H20ClNO2/c28-22-12-9-20-10-14-23(29-25(20)17-22)13-8-18-4-3-6-21(16-18)26-15-11-19-5-1-2-7-24(19)27(30)31-26/h1-10,12-14,16-17,26H,11,15H2/t26-/m0/s1. The molecular weight excluding hydrogens is 406 g/mol. The van der Waals surface area contributed by atoms with Crippen LogP contribution in [0.15, 0.2) is 78.9 Å². The van der Waals surface area contributed by atoms with Crippen LogP contribution in [0, 0.1) is 0 Å². The molecule has 0 fully saturated rings. The molecule has 0 radical (unpaired) electrons. The molecule has 0 N–H and O–H groups in total. The van der Waals surface area contributed by atoms with Crippen LogP contribution in [0.3, 0.4) is 0 Å². The topological polar surface area (TPSA) is 39.2 Å². The molecule has 0 amide bonds. The largest absolute Gasteiger partial charge is 0.454 e. The van der Waals surface area contributed by atoms with E-state index in [4.69, 9.17) is 16.3 Å². The van der Waals surface area contributed by atoms with Gasteiger partial charge in [-0.05, 0) is 65.9 Å². The summed E-state index contributed by atoms with van der Waals surface area (Å²) in [6.07, 6.45) is 5.33. The summed E-state index contributed by atoms with van der Waals surface area (Å²) in [5.74, 6) is -0.252. The van der Waals surface area contributed by atoms with Crippen LogP contribution >= 0.6 is 11.6 Å². The van der Waals surface area contributed by atoms with Gasteiger partial charge in [0.15, 0.2) is 0 Å². The van der Waals surface area contributed by atoms with Crippen molar-refractivity contribution in [2.75, 3.05) is 0 Å². The first-order chi connectivity index (χ1) is 15.2. The molecule has 0 unspecified atom stereocenters. The first-order valence-electron chi connectivity index (χ1n) is 10.3. The number of cyclic esters (lactones) is 1. The zero-order chi connectivity index (χ0) is 21.2. The molecule has 4 aromatic rings. The summed E-state index contributed by atoms with van der Waals surface area (Å²) >= 11 is 6.09. The van der Waals surface area contributed by atoms with Crippen LogP contribution in [-0.4, -0.2) is 11.0 Å². The molecule has 1 aromatic heterocycles. The van der Waals surface area contributed by atoms with Gasteiger partial charge in [0.1, 0.15) is 6.10 Å². The van der Waals surface area contributed by atoms with Gasteiger partial charge in [0.05, 0.1) is 16.8 Å². The summed E-state index contributed by atoms with van der Waals surface area (Å²) in [7, 11) is 0. The van der Waals surface area contributed by atoms with Gasteiger partial charge >= 0.3 is 5.97 Å². The molecule has 0 aliphatic carbocycles. The second kappa shape index (κ2) is 8.37. The lowest BCUT2D eigenvalue weighted by atomic mass is 9.99. The van der Waals surface area contributed by atoms with E-state index in [2.05, 4.69) is 11.1 Å². The minimum absolute atomic E-state index is 0.252. The van der Waals surface area contributed by atoms with E-state index in [9.17, 15) is 4.79 Å². The average molecular weight is 426 g/mol.